The van der Waals surface area contributed by atoms with Crippen LogP contribution in [0, 0.1) is 12.7 Å². The van der Waals surface area contributed by atoms with Crippen LogP contribution in [0.15, 0.2) is 60.7 Å². The Bertz CT molecular complexity index is 919. The molecule has 0 atom stereocenters. The van der Waals surface area contributed by atoms with Crippen molar-refractivity contribution in [1.82, 2.24) is 0 Å². The summed E-state index contributed by atoms with van der Waals surface area (Å²) in [6, 6.07) is 16.6. The van der Waals surface area contributed by atoms with Gasteiger partial charge in [-0.1, -0.05) is 41.9 Å². The number of nitrogens with one attached hydrogen (secondary N) is 1. The zero-order chi connectivity index (χ0) is 18.0. The van der Waals surface area contributed by atoms with Gasteiger partial charge in [0, 0.05) is 5.69 Å². The van der Waals surface area contributed by atoms with Crippen LogP contribution in [-0.4, -0.2) is 5.91 Å². The first kappa shape index (κ1) is 17.0. The fourth-order valence-electron chi connectivity index (χ4n) is 2.55. The van der Waals surface area contributed by atoms with Gasteiger partial charge in [0.05, 0.1) is 16.3 Å². The molecule has 3 aromatic rings. The van der Waals surface area contributed by atoms with Crippen LogP contribution in [0.5, 0.6) is 0 Å². The number of benzene rings is 3. The molecule has 0 saturated heterocycles. The van der Waals surface area contributed by atoms with Crippen LogP contribution < -0.4 is 11.1 Å². The maximum Gasteiger partial charge on any atom is 0.257 e. The lowest BCUT2D eigenvalue weighted by molar-refractivity contribution is 0.102. The third-order valence-electron chi connectivity index (χ3n) is 3.94. The first-order chi connectivity index (χ1) is 12.0. The smallest absolute Gasteiger partial charge is 0.257 e. The van der Waals surface area contributed by atoms with E-state index in [1.807, 2.05) is 19.1 Å². The van der Waals surface area contributed by atoms with Gasteiger partial charge in [-0.25, -0.2) is 4.39 Å². The van der Waals surface area contributed by atoms with E-state index >= 15 is 0 Å². The molecule has 0 fully saturated rings. The van der Waals surface area contributed by atoms with E-state index in [0.29, 0.717) is 22.0 Å². The number of aryl methyl sites for hydroxylation is 1. The van der Waals surface area contributed by atoms with Gasteiger partial charge < -0.3 is 11.1 Å². The van der Waals surface area contributed by atoms with Gasteiger partial charge in [0.25, 0.3) is 5.91 Å². The topological polar surface area (TPSA) is 55.1 Å². The number of rotatable bonds is 3. The third kappa shape index (κ3) is 3.64. The number of amides is 1. The molecule has 0 aliphatic rings. The van der Waals surface area contributed by atoms with Crippen molar-refractivity contribution >= 4 is 28.9 Å². The van der Waals surface area contributed by atoms with Crippen molar-refractivity contribution in [1.29, 1.82) is 0 Å². The van der Waals surface area contributed by atoms with Gasteiger partial charge in [0.15, 0.2) is 0 Å². The Morgan fingerprint density at radius 1 is 1.04 bits per heavy atom. The predicted molar refractivity (Wildman–Crippen MR) is 100 cm³/mol. The second kappa shape index (κ2) is 6.95. The molecule has 0 spiro atoms. The molecule has 0 aromatic heterocycles. The molecule has 0 heterocycles. The SMILES string of the molecule is Cc1cccc(Cl)c1NC(=O)c1cc(-c2ccc(F)cc2)ccc1N. The van der Waals surface area contributed by atoms with Crippen molar-refractivity contribution in [2.24, 2.45) is 0 Å². The Morgan fingerprint density at radius 2 is 1.72 bits per heavy atom. The lowest BCUT2D eigenvalue weighted by atomic mass is 10.0. The van der Waals surface area contributed by atoms with E-state index in [4.69, 9.17) is 17.3 Å². The normalized spacial score (nSPS) is 10.5. The summed E-state index contributed by atoms with van der Waals surface area (Å²) >= 11 is 6.16. The van der Waals surface area contributed by atoms with Crippen molar-refractivity contribution in [2.45, 2.75) is 6.92 Å². The quantitative estimate of drug-likeness (QED) is 0.628. The summed E-state index contributed by atoms with van der Waals surface area (Å²) in [5.41, 5.74) is 9.64. The highest BCUT2D eigenvalue weighted by molar-refractivity contribution is 6.34. The number of carbonyl (C=O) groups is 1. The van der Waals surface area contributed by atoms with E-state index in [9.17, 15) is 9.18 Å². The van der Waals surface area contributed by atoms with Crippen LogP contribution in [0.3, 0.4) is 0 Å². The molecule has 5 heteroatoms. The number of hydrogen-bond acceptors (Lipinski definition) is 2. The van der Waals surface area contributed by atoms with Crippen LogP contribution in [0.2, 0.25) is 5.02 Å². The van der Waals surface area contributed by atoms with Gasteiger partial charge in [-0.3, -0.25) is 4.79 Å². The van der Waals surface area contributed by atoms with Crippen molar-refractivity contribution in [3.63, 3.8) is 0 Å². The van der Waals surface area contributed by atoms with E-state index < -0.39 is 0 Å². The summed E-state index contributed by atoms with van der Waals surface area (Å²) in [4.78, 5) is 12.7. The summed E-state index contributed by atoms with van der Waals surface area (Å²) in [6.45, 7) is 1.86. The molecule has 126 valence electrons. The molecule has 1 amide bonds. The molecule has 3 rings (SSSR count). The van der Waals surface area contributed by atoms with E-state index in [1.54, 1.807) is 36.4 Å². The van der Waals surface area contributed by atoms with Crippen LogP contribution in [0.1, 0.15) is 15.9 Å². The molecule has 0 bridgehead atoms. The maximum absolute atomic E-state index is 13.1. The van der Waals surface area contributed by atoms with Crippen molar-refractivity contribution < 1.29 is 9.18 Å². The van der Waals surface area contributed by atoms with E-state index in [2.05, 4.69) is 5.32 Å². The summed E-state index contributed by atoms with van der Waals surface area (Å²) in [7, 11) is 0. The number of halogens is 2. The zero-order valence-electron chi connectivity index (χ0n) is 13.5. The lowest BCUT2D eigenvalue weighted by Gasteiger charge is -2.13. The van der Waals surface area contributed by atoms with Crippen LogP contribution >= 0.6 is 11.6 Å². The van der Waals surface area contributed by atoms with Gasteiger partial charge in [0.1, 0.15) is 5.82 Å². The molecule has 3 aromatic carbocycles. The first-order valence-electron chi connectivity index (χ1n) is 7.67. The first-order valence-corrected chi connectivity index (χ1v) is 8.05. The zero-order valence-corrected chi connectivity index (χ0v) is 14.3. The minimum Gasteiger partial charge on any atom is -0.398 e. The largest absolute Gasteiger partial charge is 0.398 e. The Labute approximate surface area is 150 Å². The number of para-hydroxylation sites is 1. The highest BCUT2D eigenvalue weighted by Crippen LogP contribution is 2.28. The Kier molecular flexibility index (Phi) is 4.72. The fraction of sp³-hybridized carbons (Fsp3) is 0.0500. The monoisotopic (exact) mass is 354 g/mol. The van der Waals surface area contributed by atoms with Crippen molar-refractivity contribution in [2.75, 3.05) is 11.1 Å². The van der Waals surface area contributed by atoms with E-state index in [0.717, 1.165) is 16.7 Å². The molecular weight excluding hydrogens is 339 g/mol. The molecule has 0 radical (unpaired) electrons. The number of anilines is 2. The highest BCUT2D eigenvalue weighted by Gasteiger charge is 2.14. The van der Waals surface area contributed by atoms with E-state index in [-0.39, 0.29) is 11.7 Å². The highest BCUT2D eigenvalue weighted by atomic mass is 35.5. The average Bonchev–Trinajstić information content (AvgIpc) is 2.59. The minimum atomic E-state index is -0.349. The average molecular weight is 355 g/mol. The number of nitrogen functional groups attached to an aromatic ring is 1. The molecule has 0 aliphatic heterocycles. The van der Waals surface area contributed by atoms with Crippen LogP contribution in [0.4, 0.5) is 15.8 Å². The Morgan fingerprint density at radius 3 is 2.40 bits per heavy atom. The van der Waals surface area contributed by atoms with Crippen molar-refractivity contribution in [3.05, 3.63) is 82.6 Å². The molecule has 3 nitrogen and oxygen atoms in total. The number of hydrogen-bond donors (Lipinski definition) is 2. The summed E-state index contributed by atoms with van der Waals surface area (Å²) in [5.74, 6) is -0.663. The summed E-state index contributed by atoms with van der Waals surface area (Å²) < 4.78 is 13.1. The number of nitrogens with two attached hydrogens (primary N) is 1. The third-order valence-corrected chi connectivity index (χ3v) is 4.25. The molecular formula is C20H16ClFN2O. The summed E-state index contributed by atoms with van der Waals surface area (Å²) in [6.07, 6.45) is 0. The predicted octanol–water partition coefficient (Wildman–Crippen LogP) is 5.29. The van der Waals surface area contributed by atoms with Crippen molar-refractivity contribution in [3.8, 4) is 11.1 Å². The van der Waals surface area contributed by atoms with E-state index in [1.165, 1.54) is 12.1 Å². The van der Waals surface area contributed by atoms with Gasteiger partial charge in [-0.15, -0.1) is 0 Å². The van der Waals surface area contributed by atoms with Crippen LogP contribution in [-0.2, 0) is 0 Å². The molecule has 25 heavy (non-hydrogen) atoms. The fourth-order valence-corrected chi connectivity index (χ4v) is 2.81. The lowest BCUT2D eigenvalue weighted by Crippen LogP contribution is -2.15. The second-order valence-corrected chi connectivity index (χ2v) is 6.10. The standard InChI is InChI=1S/C20H16ClFN2O/c1-12-3-2-4-17(21)19(12)24-20(25)16-11-14(7-10-18(16)23)13-5-8-15(22)9-6-13/h2-11H,23H2,1H3,(H,24,25). The Hall–Kier alpha value is -2.85. The van der Waals surface area contributed by atoms with Crippen LogP contribution in [0.25, 0.3) is 11.1 Å². The molecule has 0 saturated carbocycles. The second-order valence-electron chi connectivity index (χ2n) is 5.69. The van der Waals surface area contributed by atoms with Gasteiger partial charge in [-0.05, 0) is 53.9 Å². The molecule has 0 aliphatic carbocycles. The van der Waals surface area contributed by atoms with Gasteiger partial charge in [0.2, 0.25) is 0 Å². The molecule has 0 unspecified atom stereocenters. The molecule has 3 N–H and O–H groups in total. The summed E-state index contributed by atoms with van der Waals surface area (Å²) in [5, 5.41) is 3.27. The maximum atomic E-state index is 13.1. The number of carbonyl (C=O) groups excluding carboxylic acids is 1. The minimum absolute atomic E-state index is 0.314. The Balaban J connectivity index is 1.95. The van der Waals surface area contributed by atoms with Gasteiger partial charge in [-0.2, -0.15) is 0 Å². The van der Waals surface area contributed by atoms with Gasteiger partial charge >= 0.3 is 0 Å².